The SMILES string of the molecule is CCCCN1/C(=C/C=C/C2=[N+](C)c3ccc4ccccc4c3C2(C)C)C(C)(C)c2c1ccc1ccccc21.CCCCN1/C(=C/C=C/c2ccc3ccccc3[n+]2CCC)C(C)(C)c2c1ccc1ccccc21.[F-].[F][Sb]([F])([F])([F])[F].[O-][Cl+3]([O-])([O-])[O-]. The predicted octanol–water partition coefficient (Wildman–Crippen LogP) is 11.2. The summed E-state index contributed by atoms with van der Waals surface area (Å²) in [4.78, 5) is 5.14. The Balaban J connectivity index is 0.000000206. The molecule has 8 aromatic rings. The first kappa shape index (κ1) is 66.0. The van der Waals surface area contributed by atoms with E-state index in [-0.39, 0.29) is 20.9 Å². The Morgan fingerprint density at radius 3 is 1.33 bits per heavy atom. The number of anilines is 2. The fourth-order valence-corrected chi connectivity index (χ4v) is 12.7. The molecule has 7 aromatic carbocycles. The van der Waals surface area contributed by atoms with E-state index in [9.17, 15) is 14.1 Å². The van der Waals surface area contributed by atoms with Crippen molar-refractivity contribution in [2.75, 3.05) is 29.9 Å². The molecule has 1 aromatic heterocycles. The van der Waals surface area contributed by atoms with Gasteiger partial charge in [0.05, 0.1) is 5.41 Å². The summed E-state index contributed by atoms with van der Waals surface area (Å²) in [6.07, 6.45) is 19.8. The minimum absolute atomic E-state index is 0. The third-order valence-electron chi connectivity index (χ3n) is 16.3. The van der Waals surface area contributed by atoms with Gasteiger partial charge in [-0.25, -0.2) is 18.6 Å². The third-order valence-corrected chi connectivity index (χ3v) is 16.3. The summed E-state index contributed by atoms with van der Waals surface area (Å²) in [6.45, 7) is 24.2. The molecule has 0 N–H and O–H groups in total. The molecular formula is C69H76ClF6N4O4Sb. The number of hydrogen-bond acceptors (Lipinski definition) is 6. The molecule has 0 amide bonds. The summed E-state index contributed by atoms with van der Waals surface area (Å²) in [6, 6.07) is 53.4. The monoisotopic (exact) mass is 1290 g/mol. The van der Waals surface area contributed by atoms with Crippen molar-refractivity contribution in [3.05, 3.63) is 210 Å². The zero-order valence-corrected chi connectivity index (χ0v) is 53.3. The Morgan fingerprint density at radius 1 is 0.494 bits per heavy atom. The number of aromatic nitrogens is 1. The minimum Gasteiger partial charge on any atom is -0.222 e. The van der Waals surface area contributed by atoms with Gasteiger partial charge in [-0.1, -0.05) is 171 Å². The van der Waals surface area contributed by atoms with Crippen molar-refractivity contribution >= 4 is 92.4 Å². The van der Waals surface area contributed by atoms with Crippen LogP contribution < -0.4 is 37.7 Å². The number of para-hydroxylation sites is 1. The average Bonchev–Trinajstić information content (AvgIpc) is 1.70. The number of nitrogens with zero attached hydrogens (tertiary/aromatic N) is 4. The van der Waals surface area contributed by atoms with E-state index in [0.29, 0.717) is 0 Å². The summed E-state index contributed by atoms with van der Waals surface area (Å²) < 4.78 is 88.4. The molecule has 3 aliphatic heterocycles. The van der Waals surface area contributed by atoms with Crippen LogP contribution in [0.2, 0.25) is 0 Å². The molecule has 0 radical (unpaired) electrons. The van der Waals surface area contributed by atoms with Crippen LogP contribution in [0.25, 0.3) is 49.3 Å². The molecule has 3 aliphatic rings. The van der Waals surface area contributed by atoms with E-state index in [1.54, 1.807) is 0 Å². The van der Waals surface area contributed by atoms with E-state index < -0.39 is 30.5 Å². The molecule has 0 saturated carbocycles. The van der Waals surface area contributed by atoms with Gasteiger partial charge in [0.1, 0.15) is 13.6 Å². The van der Waals surface area contributed by atoms with Gasteiger partial charge >= 0.3 is 34.4 Å². The van der Waals surface area contributed by atoms with Crippen LogP contribution in [0.15, 0.2) is 187 Å². The van der Waals surface area contributed by atoms with Crippen molar-refractivity contribution in [2.24, 2.45) is 0 Å². The number of unbranched alkanes of at least 4 members (excludes halogenated alkanes) is 2. The van der Waals surface area contributed by atoms with E-state index in [1.807, 2.05) is 0 Å². The molecule has 11 rings (SSSR count). The molecule has 0 saturated heterocycles. The molecule has 0 unspecified atom stereocenters. The minimum atomic E-state index is -9.19. The first-order chi connectivity index (χ1) is 39.6. The van der Waals surface area contributed by atoms with Crippen LogP contribution in [-0.2, 0) is 22.8 Å². The molecule has 85 heavy (non-hydrogen) atoms. The number of aryl methyl sites for hydroxylation is 1. The maximum atomic E-state index is 9.91. The number of benzene rings is 7. The van der Waals surface area contributed by atoms with Crippen molar-refractivity contribution in [1.82, 2.24) is 0 Å². The van der Waals surface area contributed by atoms with Crippen LogP contribution in [0.1, 0.15) is 117 Å². The van der Waals surface area contributed by atoms with Crippen molar-refractivity contribution in [3.8, 4) is 0 Å². The Kier molecular flexibility index (Phi) is 20.4. The van der Waals surface area contributed by atoms with E-state index in [2.05, 4.69) is 270 Å². The average molecular weight is 1300 g/mol. The summed E-state index contributed by atoms with van der Waals surface area (Å²) >= 11 is -9.19. The topological polar surface area (TPSA) is 106 Å². The summed E-state index contributed by atoms with van der Waals surface area (Å²) in [5.74, 6) is 0. The second kappa shape index (κ2) is 26.2. The van der Waals surface area contributed by atoms with Crippen LogP contribution in [0.3, 0.4) is 0 Å². The second-order valence-electron chi connectivity index (χ2n) is 23.2. The van der Waals surface area contributed by atoms with Crippen LogP contribution in [0, 0.1) is 10.2 Å². The van der Waals surface area contributed by atoms with Gasteiger partial charge in [0, 0.05) is 94.4 Å². The van der Waals surface area contributed by atoms with Gasteiger partial charge in [-0.15, -0.1) is 10.2 Å². The first-order valence-corrected chi connectivity index (χ1v) is 34.8. The van der Waals surface area contributed by atoms with Gasteiger partial charge in [0.25, 0.3) is 0 Å². The number of fused-ring (bicyclic) bond motifs is 10. The number of allylic oxidation sites excluding steroid dienone is 7. The molecule has 450 valence electrons. The fraction of sp³-hybridized carbons (Fsp3) is 0.304. The van der Waals surface area contributed by atoms with Crippen molar-refractivity contribution in [1.29, 1.82) is 0 Å². The Hall–Kier alpha value is -6.51. The summed E-state index contributed by atoms with van der Waals surface area (Å²) in [7, 11) is -2.73. The molecule has 0 atom stereocenters. The van der Waals surface area contributed by atoms with Crippen LogP contribution in [0.5, 0.6) is 0 Å². The van der Waals surface area contributed by atoms with Crippen LogP contribution >= 0.6 is 0 Å². The largest absolute Gasteiger partial charge is 0.222 e. The van der Waals surface area contributed by atoms with Crippen molar-refractivity contribution < 1.29 is 56.8 Å². The zero-order chi connectivity index (χ0) is 61.0. The number of rotatable bonds is 12. The molecule has 4 heterocycles. The maximum absolute atomic E-state index is 9.91. The standard InChI is InChI=1S/C36H39N2.C33H37N2.ClHO4.6FH.Sb/c1-7-8-24-38-30-23-21-26-15-10-12-17-28(26)34(30)36(4,5)32(38)19-13-18-31-35(2,3)33-27-16-11-9-14-25(27)20-22-29(33)37(31)6;1-5-7-24-35-30-22-20-25-13-8-10-16-28(25)32(30)33(3,4)31(35)18-12-15-27-21-19-26-14-9-11-17-29(26)34(27)23-6-2;2-1(3,4)5;;;;;;;/h9-23H,7-8,24H2,1-6H3;8-22H,5-7,23-24H2,1-4H3;(H,2,3,4,5);6*1H;/q2*+1;;;;;;;;+5/p-7. The van der Waals surface area contributed by atoms with Gasteiger partial charge in [0.2, 0.25) is 16.9 Å². The predicted molar refractivity (Wildman–Crippen MR) is 326 cm³/mol. The van der Waals surface area contributed by atoms with Gasteiger partial charge in [-0.05, 0) is 113 Å². The van der Waals surface area contributed by atoms with E-state index in [0.717, 1.165) is 26.1 Å². The number of halogens is 7. The number of pyridine rings is 1. The Bertz CT molecular complexity index is 3880. The Morgan fingerprint density at radius 2 is 0.882 bits per heavy atom. The van der Waals surface area contributed by atoms with Gasteiger partial charge in [0.15, 0.2) is 5.71 Å². The molecule has 0 bridgehead atoms. The van der Waals surface area contributed by atoms with Gasteiger partial charge < -0.3 is 14.5 Å². The first-order valence-electron chi connectivity index (χ1n) is 28.7. The van der Waals surface area contributed by atoms with E-state index >= 15 is 0 Å². The maximum Gasteiger partial charge on any atom is -0.112 e. The molecule has 8 nitrogen and oxygen atoms in total. The molecule has 16 heteroatoms. The second-order valence-corrected chi connectivity index (χ2v) is 27.6. The van der Waals surface area contributed by atoms with Crippen LogP contribution in [-0.4, -0.2) is 50.7 Å². The fourth-order valence-electron chi connectivity index (χ4n) is 12.7. The molecular weight excluding hydrogens is 1220 g/mol. The van der Waals surface area contributed by atoms with Crippen molar-refractivity contribution in [2.45, 2.75) is 117 Å². The quantitative estimate of drug-likeness (QED) is 0.0685. The van der Waals surface area contributed by atoms with E-state index in [1.165, 1.54) is 125 Å². The van der Waals surface area contributed by atoms with Crippen LogP contribution in [0.4, 0.5) is 31.1 Å². The molecule has 0 fully saturated rings. The van der Waals surface area contributed by atoms with Crippen molar-refractivity contribution in [3.63, 3.8) is 0 Å². The smallest absolute Gasteiger partial charge is 0.112 e. The number of hydrogen-bond donors (Lipinski definition) is 0. The molecule has 0 aliphatic carbocycles. The van der Waals surface area contributed by atoms with Gasteiger partial charge in [-0.3, -0.25) is 0 Å². The zero-order valence-electron chi connectivity index (χ0n) is 50.0. The molecule has 0 spiro atoms. The van der Waals surface area contributed by atoms with Gasteiger partial charge in [-0.2, -0.15) is 9.14 Å². The van der Waals surface area contributed by atoms with E-state index in [4.69, 9.17) is 18.6 Å². The third kappa shape index (κ3) is 14.8. The summed E-state index contributed by atoms with van der Waals surface area (Å²) in [5.41, 5.74) is 14.8. The summed E-state index contributed by atoms with van der Waals surface area (Å²) in [5, 5.41) is 9.35. The normalized spacial score (nSPS) is 17.1. The Labute approximate surface area is 503 Å².